The summed E-state index contributed by atoms with van der Waals surface area (Å²) in [5.41, 5.74) is 2.42. The molecule has 132 valence electrons. The second-order valence-corrected chi connectivity index (χ2v) is 7.83. The molecule has 0 unspecified atom stereocenters. The Morgan fingerprint density at radius 3 is 2.60 bits per heavy atom. The summed E-state index contributed by atoms with van der Waals surface area (Å²) >= 11 is 0. The molecule has 0 amide bonds. The SMILES string of the molecule is Cc1nc(N2C[C@H](C)C[C@@H](C)C2)nc2c1C(=O)C[C@@H](c1ccco1)C2. The fourth-order valence-corrected chi connectivity index (χ4v) is 4.45. The van der Waals surface area contributed by atoms with Crippen LogP contribution in [0.15, 0.2) is 22.8 Å². The number of Topliss-reactive ketones (excluding diaryl/α,β-unsaturated/α-hetero) is 1. The van der Waals surface area contributed by atoms with E-state index < -0.39 is 0 Å². The van der Waals surface area contributed by atoms with Crippen molar-refractivity contribution in [1.82, 2.24) is 9.97 Å². The van der Waals surface area contributed by atoms with Gasteiger partial charge in [-0.05, 0) is 37.3 Å². The van der Waals surface area contributed by atoms with Crippen LogP contribution in [0.5, 0.6) is 0 Å². The van der Waals surface area contributed by atoms with Crippen LogP contribution in [-0.4, -0.2) is 28.8 Å². The summed E-state index contributed by atoms with van der Waals surface area (Å²) < 4.78 is 5.54. The highest BCUT2D eigenvalue weighted by atomic mass is 16.3. The minimum atomic E-state index is 0.0800. The van der Waals surface area contributed by atoms with E-state index in [9.17, 15) is 4.79 Å². The molecular formula is C20H25N3O2. The normalized spacial score (nSPS) is 26.6. The number of furan rings is 1. The van der Waals surface area contributed by atoms with Gasteiger partial charge in [0.2, 0.25) is 5.95 Å². The van der Waals surface area contributed by atoms with E-state index in [0.29, 0.717) is 18.3 Å². The zero-order valence-corrected chi connectivity index (χ0v) is 15.2. The number of hydrogen-bond donors (Lipinski definition) is 0. The van der Waals surface area contributed by atoms with Gasteiger partial charge in [0.05, 0.1) is 23.2 Å². The third kappa shape index (κ3) is 3.08. The third-order valence-electron chi connectivity index (χ3n) is 5.40. The van der Waals surface area contributed by atoms with E-state index in [-0.39, 0.29) is 11.7 Å². The zero-order chi connectivity index (χ0) is 17.6. The number of hydrogen-bond acceptors (Lipinski definition) is 5. The second kappa shape index (κ2) is 6.28. The zero-order valence-electron chi connectivity index (χ0n) is 15.2. The van der Waals surface area contributed by atoms with Crippen molar-refractivity contribution in [1.29, 1.82) is 0 Å². The van der Waals surface area contributed by atoms with Gasteiger partial charge < -0.3 is 9.32 Å². The molecule has 1 aliphatic carbocycles. The number of anilines is 1. The Kier molecular flexibility index (Phi) is 4.10. The topological polar surface area (TPSA) is 59.2 Å². The van der Waals surface area contributed by atoms with Gasteiger partial charge >= 0.3 is 0 Å². The van der Waals surface area contributed by atoms with Crippen LogP contribution >= 0.6 is 0 Å². The fourth-order valence-electron chi connectivity index (χ4n) is 4.45. The average molecular weight is 339 g/mol. The monoisotopic (exact) mass is 339 g/mol. The molecule has 2 aliphatic rings. The predicted octanol–water partition coefficient (Wildman–Crippen LogP) is 3.77. The number of nitrogens with zero attached hydrogens (tertiary/aromatic N) is 3. The smallest absolute Gasteiger partial charge is 0.225 e. The van der Waals surface area contributed by atoms with Crippen LogP contribution in [0.3, 0.4) is 0 Å². The van der Waals surface area contributed by atoms with Crippen molar-refractivity contribution < 1.29 is 9.21 Å². The van der Waals surface area contributed by atoms with Gasteiger partial charge in [0.15, 0.2) is 5.78 Å². The Morgan fingerprint density at radius 1 is 1.16 bits per heavy atom. The number of carbonyl (C=O) groups is 1. The average Bonchev–Trinajstić information content (AvgIpc) is 3.07. The Hall–Kier alpha value is -2.17. The molecule has 3 atom stereocenters. The molecule has 1 fully saturated rings. The van der Waals surface area contributed by atoms with Gasteiger partial charge in [0, 0.05) is 31.8 Å². The molecule has 4 rings (SSSR count). The van der Waals surface area contributed by atoms with E-state index in [1.54, 1.807) is 6.26 Å². The minimum absolute atomic E-state index is 0.0800. The lowest BCUT2D eigenvalue weighted by molar-refractivity contribution is 0.0957. The van der Waals surface area contributed by atoms with Gasteiger partial charge in [-0.3, -0.25) is 4.79 Å². The van der Waals surface area contributed by atoms with Crippen LogP contribution in [0.2, 0.25) is 0 Å². The second-order valence-electron chi connectivity index (χ2n) is 7.83. The van der Waals surface area contributed by atoms with Crippen LogP contribution in [0.1, 0.15) is 60.1 Å². The van der Waals surface area contributed by atoms with Crippen LogP contribution < -0.4 is 4.90 Å². The van der Waals surface area contributed by atoms with Crippen molar-refractivity contribution in [2.24, 2.45) is 11.8 Å². The van der Waals surface area contributed by atoms with Crippen molar-refractivity contribution in [3.8, 4) is 0 Å². The molecule has 3 heterocycles. The van der Waals surface area contributed by atoms with Crippen molar-refractivity contribution in [2.75, 3.05) is 18.0 Å². The van der Waals surface area contributed by atoms with Gasteiger partial charge in [-0.2, -0.15) is 0 Å². The first-order valence-corrected chi connectivity index (χ1v) is 9.20. The lowest BCUT2D eigenvalue weighted by Gasteiger charge is -2.35. The predicted molar refractivity (Wildman–Crippen MR) is 96.0 cm³/mol. The molecule has 0 spiro atoms. The summed E-state index contributed by atoms with van der Waals surface area (Å²) in [6.07, 6.45) is 4.13. The number of aromatic nitrogens is 2. The molecule has 25 heavy (non-hydrogen) atoms. The molecule has 0 aromatic carbocycles. The van der Waals surface area contributed by atoms with E-state index in [1.165, 1.54) is 6.42 Å². The van der Waals surface area contributed by atoms with Gasteiger partial charge in [-0.25, -0.2) is 9.97 Å². The van der Waals surface area contributed by atoms with Crippen LogP contribution in [-0.2, 0) is 6.42 Å². The maximum absolute atomic E-state index is 12.7. The third-order valence-corrected chi connectivity index (χ3v) is 5.40. The first-order chi connectivity index (χ1) is 12.0. The van der Waals surface area contributed by atoms with Gasteiger partial charge in [0.25, 0.3) is 0 Å². The van der Waals surface area contributed by atoms with Crippen molar-refractivity contribution in [3.05, 3.63) is 41.1 Å². The van der Waals surface area contributed by atoms with Gasteiger partial charge in [0.1, 0.15) is 5.76 Å². The Balaban J connectivity index is 1.68. The maximum atomic E-state index is 12.7. The van der Waals surface area contributed by atoms with Crippen molar-refractivity contribution in [2.45, 2.75) is 46.0 Å². The van der Waals surface area contributed by atoms with E-state index in [0.717, 1.165) is 48.2 Å². The molecular weight excluding hydrogens is 314 g/mol. The number of piperidine rings is 1. The summed E-state index contributed by atoms with van der Waals surface area (Å²) in [7, 11) is 0. The van der Waals surface area contributed by atoms with Crippen molar-refractivity contribution >= 4 is 11.7 Å². The number of aryl methyl sites for hydroxylation is 1. The highest BCUT2D eigenvalue weighted by Gasteiger charge is 2.32. The quantitative estimate of drug-likeness (QED) is 0.833. The maximum Gasteiger partial charge on any atom is 0.225 e. The molecule has 1 saturated heterocycles. The number of rotatable bonds is 2. The summed E-state index contributed by atoms with van der Waals surface area (Å²) in [5.74, 6) is 3.14. The molecule has 5 heteroatoms. The van der Waals surface area contributed by atoms with E-state index in [2.05, 4.69) is 23.7 Å². The first kappa shape index (κ1) is 16.3. The molecule has 0 radical (unpaired) electrons. The Bertz CT molecular complexity index is 774. The highest BCUT2D eigenvalue weighted by molar-refractivity contribution is 5.99. The number of ketones is 1. The standard InChI is InChI=1S/C20H25N3O2/c1-12-7-13(2)11-23(10-12)20-21-14(3)19-16(22-20)8-15(9-17(19)24)18-5-4-6-25-18/h4-6,12-13,15H,7-11H2,1-3H3/t12-,13-,15+/m1/s1. The van der Waals surface area contributed by atoms with Crippen molar-refractivity contribution in [3.63, 3.8) is 0 Å². The van der Waals surface area contributed by atoms with Crippen LogP contribution in [0.25, 0.3) is 0 Å². The molecule has 0 bridgehead atoms. The number of fused-ring (bicyclic) bond motifs is 1. The molecule has 2 aromatic rings. The summed E-state index contributed by atoms with van der Waals surface area (Å²) in [6.45, 7) is 8.47. The molecule has 1 aliphatic heterocycles. The molecule has 2 aromatic heterocycles. The van der Waals surface area contributed by atoms with E-state index in [4.69, 9.17) is 9.40 Å². The largest absolute Gasteiger partial charge is 0.469 e. The summed E-state index contributed by atoms with van der Waals surface area (Å²) in [4.78, 5) is 24.5. The Morgan fingerprint density at radius 2 is 1.92 bits per heavy atom. The van der Waals surface area contributed by atoms with E-state index >= 15 is 0 Å². The minimum Gasteiger partial charge on any atom is -0.469 e. The molecule has 0 saturated carbocycles. The molecule has 5 nitrogen and oxygen atoms in total. The van der Waals surface area contributed by atoms with Gasteiger partial charge in [-0.1, -0.05) is 13.8 Å². The van der Waals surface area contributed by atoms with E-state index in [1.807, 2.05) is 19.1 Å². The summed E-state index contributed by atoms with van der Waals surface area (Å²) in [5, 5.41) is 0. The fraction of sp³-hybridized carbons (Fsp3) is 0.550. The number of carbonyl (C=O) groups excluding carboxylic acids is 1. The van der Waals surface area contributed by atoms with Crippen LogP contribution in [0.4, 0.5) is 5.95 Å². The van der Waals surface area contributed by atoms with Crippen LogP contribution in [0, 0.1) is 18.8 Å². The lowest BCUT2D eigenvalue weighted by Crippen LogP contribution is -2.40. The molecule has 0 N–H and O–H groups in total. The Labute approximate surface area is 148 Å². The first-order valence-electron chi connectivity index (χ1n) is 9.20. The van der Waals surface area contributed by atoms with Gasteiger partial charge in [-0.15, -0.1) is 0 Å². The summed E-state index contributed by atoms with van der Waals surface area (Å²) in [6, 6.07) is 3.83. The highest BCUT2D eigenvalue weighted by Crippen LogP contribution is 2.34. The lowest BCUT2D eigenvalue weighted by atomic mass is 9.84.